The third-order valence-corrected chi connectivity index (χ3v) is 1.79. The van der Waals surface area contributed by atoms with Crippen molar-refractivity contribution in [3.05, 3.63) is 42.0 Å². The van der Waals surface area contributed by atoms with E-state index in [4.69, 9.17) is 5.73 Å². The van der Waals surface area contributed by atoms with E-state index in [1.165, 1.54) is 0 Å². The fourth-order valence-electron chi connectivity index (χ4n) is 1.04. The molecule has 0 fully saturated rings. The molecule has 0 aliphatic rings. The molecule has 74 valence electrons. The van der Waals surface area contributed by atoms with Crippen LogP contribution in [0.3, 0.4) is 0 Å². The quantitative estimate of drug-likeness (QED) is 0.560. The second-order valence-electron chi connectivity index (χ2n) is 3.21. The lowest BCUT2D eigenvalue weighted by Gasteiger charge is -2.05. The van der Waals surface area contributed by atoms with Crippen LogP contribution in [0.15, 0.2) is 36.4 Å². The van der Waals surface area contributed by atoms with E-state index in [-0.39, 0.29) is 5.91 Å². The van der Waals surface area contributed by atoms with E-state index in [0.29, 0.717) is 17.8 Å². The van der Waals surface area contributed by atoms with Crippen molar-refractivity contribution in [2.45, 2.75) is 13.5 Å². The molecule has 0 bridgehead atoms. The Morgan fingerprint density at radius 1 is 1.57 bits per heavy atom. The van der Waals surface area contributed by atoms with Crippen LogP contribution in [0.5, 0.6) is 0 Å². The molecule has 0 radical (unpaired) electrons. The average Bonchev–Trinajstić information content (AvgIpc) is 2.14. The highest BCUT2D eigenvalue weighted by atomic mass is 16.1. The Balaban J connectivity index is 2.54. The Bertz CT molecular complexity index is 358. The first-order valence-electron chi connectivity index (χ1n) is 4.37. The third-order valence-electron chi connectivity index (χ3n) is 1.79. The Morgan fingerprint density at radius 2 is 2.29 bits per heavy atom. The minimum atomic E-state index is -0.132. The molecular weight excluding hydrogens is 176 g/mol. The van der Waals surface area contributed by atoms with E-state index in [0.717, 1.165) is 5.56 Å². The van der Waals surface area contributed by atoms with Crippen LogP contribution in [-0.4, -0.2) is 5.91 Å². The first kappa shape index (κ1) is 10.3. The fraction of sp³-hybridized carbons (Fsp3) is 0.182. The van der Waals surface area contributed by atoms with Crippen LogP contribution in [0.2, 0.25) is 0 Å². The van der Waals surface area contributed by atoms with Gasteiger partial charge in [-0.05, 0) is 24.6 Å². The summed E-state index contributed by atoms with van der Waals surface area (Å²) in [7, 11) is 0. The minimum Gasteiger partial charge on any atom is -0.399 e. The zero-order valence-electron chi connectivity index (χ0n) is 8.21. The summed E-state index contributed by atoms with van der Waals surface area (Å²) < 4.78 is 0. The zero-order chi connectivity index (χ0) is 10.6. The van der Waals surface area contributed by atoms with E-state index in [9.17, 15) is 4.79 Å². The number of benzene rings is 1. The first-order chi connectivity index (χ1) is 6.59. The van der Waals surface area contributed by atoms with Crippen molar-refractivity contribution in [2.24, 2.45) is 0 Å². The maximum atomic E-state index is 11.2. The molecule has 0 saturated carbocycles. The molecule has 0 spiro atoms. The van der Waals surface area contributed by atoms with Crippen molar-refractivity contribution in [2.75, 3.05) is 5.73 Å². The number of nitrogens with one attached hydrogen (secondary N) is 1. The van der Waals surface area contributed by atoms with Gasteiger partial charge in [-0.3, -0.25) is 4.79 Å². The molecular formula is C11H14N2O. The topological polar surface area (TPSA) is 55.1 Å². The molecule has 1 aromatic rings. The summed E-state index contributed by atoms with van der Waals surface area (Å²) in [5.41, 5.74) is 7.79. The number of amides is 1. The summed E-state index contributed by atoms with van der Waals surface area (Å²) in [5.74, 6) is -0.132. The first-order valence-corrected chi connectivity index (χ1v) is 4.37. The number of hydrogen-bond donors (Lipinski definition) is 2. The van der Waals surface area contributed by atoms with Crippen molar-refractivity contribution < 1.29 is 4.79 Å². The van der Waals surface area contributed by atoms with Gasteiger partial charge in [0.15, 0.2) is 0 Å². The Labute approximate surface area is 83.6 Å². The molecule has 3 nitrogen and oxygen atoms in total. The summed E-state index contributed by atoms with van der Waals surface area (Å²) in [4.78, 5) is 11.2. The summed E-state index contributed by atoms with van der Waals surface area (Å²) in [6.07, 6.45) is 0. The Kier molecular flexibility index (Phi) is 3.29. The number of nitrogen functional groups attached to an aromatic ring is 1. The number of nitrogens with two attached hydrogens (primary N) is 1. The second-order valence-corrected chi connectivity index (χ2v) is 3.21. The normalized spacial score (nSPS) is 9.50. The van der Waals surface area contributed by atoms with Crippen molar-refractivity contribution in [1.82, 2.24) is 5.32 Å². The molecule has 1 amide bonds. The standard InChI is InChI=1S/C11H14N2O/c1-8(2)11(14)13-7-9-4-3-5-10(12)6-9/h3-6H,1,7,12H2,2H3,(H,13,14). The molecule has 0 heterocycles. The predicted molar refractivity (Wildman–Crippen MR) is 57.5 cm³/mol. The minimum absolute atomic E-state index is 0.132. The highest BCUT2D eigenvalue weighted by molar-refractivity contribution is 5.92. The van der Waals surface area contributed by atoms with Gasteiger partial charge in [0.05, 0.1) is 0 Å². The van der Waals surface area contributed by atoms with Crippen LogP contribution in [0, 0.1) is 0 Å². The number of hydrogen-bond acceptors (Lipinski definition) is 2. The van der Waals surface area contributed by atoms with Gasteiger partial charge in [0.25, 0.3) is 0 Å². The van der Waals surface area contributed by atoms with Gasteiger partial charge >= 0.3 is 0 Å². The summed E-state index contributed by atoms with van der Waals surface area (Å²) in [5, 5.41) is 2.73. The summed E-state index contributed by atoms with van der Waals surface area (Å²) in [6.45, 7) is 5.71. The average molecular weight is 190 g/mol. The van der Waals surface area contributed by atoms with Crippen LogP contribution in [0.25, 0.3) is 0 Å². The molecule has 0 atom stereocenters. The van der Waals surface area contributed by atoms with Crippen molar-refractivity contribution in [3.63, 3.8) is 0 Å². The van der Waals surface area contributed by atoms with Gasteiger partial charge in [-0.2, -0.15) is 0 Å². The van der Waals surface area contributed by atoms with E-state index in [2.05, 4.69) is 11.9 Å². The lowest BCUT2D eigenvalue weighted by atomic mass is 10.2. The van der Waals surface area contributed by atoms with Crippen molar-refractivity contribution in [3.8, 4) is 0 Å². The molecule has 0 saturated heterocycles. The summed E-state index contributed by atoms with van der Waals surface area (Å²) in [6, 6.07) is 7.41. The van der Waals surface area contributed by atoms with E-state index in [1.54, 1.807) is 6.92 Å². The van der Waals surface area contributed by atoms with Gasteiger partial charge in [-0.15, -0.1) is 0 Å². The fourth-order valence-corrected chi connectivity index (χ4v) is 1.04. The van der Waals surface area contributed by atoms with E-state index < -0.39 is 0 Å². The molecule has 0 aliphatic carbocycles. The number of carbonyl (C=O) groups excluding carboxylic acids is 1. The van der Waals surface area contributed by atoms with Crippen LogP contribution in [0.1, 0.15) is 12.5 Å². The van der Waals surface area contributed by atoms with Crippen LogP contribution in [-0.2, 0) is 11.3 Å². The Morgan fingerprint density at radius 3 is 2.86 bits per heavy atom. The Hall–Kier alpha value is -1.77. The number of anilines is 1. The molecule has 14 heavy (non-hydrogen) atoms. The smallest absolute Gasteiger partial charge is 0.246 e. The monoisotopic (exact) mass is 190 g/mol. The zero-order valence-corrected chi connectivity index (χ0v) is 8.21. The van der Waals surface area contributed by atoms with Gasteiger partial charge < -0.3 is 11.1 Å². The van der Waals surface area contributed by atoms with Crippen LogP contribution in [0.4, 0.5) is 5.69 Å². The van der Waals surface area contributed by atoms with Gasteiger partial charge in [-0.1, -0.05) is 18.7 Å². The number of carbonyl (C=O) groups is 1. The van der Waals surface area contributed by atoms with E-state index in [1.807, 2.05) is 24.3 Å². The maximum Gasteiger partial charge on any atom is 0.246 e. The SMILES string of the molecule is C=C(C)C(=O)NCc1cccc(N)c1. The highest BCUT2D eigenvalue weighted by Crippen LogP contribution is 2.05. The number of rotatable bonds is 3. The molecule has 0 unspecified atom stereocenters. The van der Waals surface area contributed by atoms with Gasteiger partial charge in [0.1, 0.15) is 0 Å². The van der Waals surface area contributed by atoms with Gasteiger partial charge in [-0.25, -0.2) is 0 Å². The lowest BCUT2D eigenvalue weighted by molar-refractivity contribution is -0.117. The largest absolute Gasteiger partial charge is 0.399 e. The molecule has 1 rings (SSSR count). The predicted octanol–water partition coefficient (Wildman–Crippen LogP) is 1.46. The molecule has 3 N–H and O–H groups in total. The molecule has 0 aromatic heterocycles. The molecule has 1 aromatic carbocycles. The highest BCUT2D eigenvalue weighted by Gasteiger charge is 2.00. The van der Waals surface area contributed by atoms with Crippen molar-refractivity contribution in [1.29, 1.82) is 0 Å². The van der Waals surface area contributed by atoms with Crippen LogP contribution < -0.4 is 11.1 Å². The van der Waals surface area contributed by atoms with Crippen LogP contribution >= 0.6 is 0 Å². The van der Waals surface area contributed by atoms with Gasteiger partial charge in [0, 0.05) is 17.8 Å². The lowest BCUT2D eigenvalue weighted by Crippen LogP contribution is -2.22. The maximum absolute atomic E-state index is 11.2. The van der Waals surface area contributed by atoms with E-state index >= 15 is 0 Å². The summed E-state index contributed by atoms with van der Waals surface area (Å²) >= 11 is 0. The third kappa shape index (κ3) is 2.94. The van der Waals surface area contributed by atoms with Gasteiger partial charge in [0.2, 0.25) is 5.91 Å². The second kappa shape index (κ2) is 4.46. The van der Waals surface area contributed by atoms with Crippen molar-refractivity contribution >= 4 is 11.6 Å². The molecule has 0 aliphatic heterocycles. The molecule has 3 heteroatoms.